The fourth-order valence-corrected chi connectivity index (χ4v) is 3.63. The molecule has 0 radical (unpaired) electrons. The Balaban J connectivity index is 1.72. The molecule has 148 valence electrons. The number of nitrogens with zero attached hydrogens (tertiary/aromatic N) is 1. The summed E-state index contributed by atoms with van der Waals surface area (Å²) in [5, 5.41) is 0. The fourth-order valence-electron chi connectivity index (χ4n) is 3.63. The molecule has 6 heteroatoms. The highest BCUT2D eigenvalue weighted by atomic mass is 16.6. The fraction of sp³-hybridized carbons (Fsp3) is 0.364. The number of nitrogens with two attached hydrogens (primary N) is 1. The Hall–Kier alpha value is -2.70. The molecule has 1 unspecified atom stereocenters. The van der Waals surface area contributed by atoms with E-state index in [9.17, 15) is 9.59 Å². The van der Waals surface area contributed by atoms with Crippen molar-refractivity contribution in [2.75, 3.05) is 13.7 Å². The zero-order valence-electron chi connectivity index (χ0n) is 16.2. The zero-order valence-corrected chi connectivity index (χ0v) is 16.2. The Morgan fingerprint density at radius 1 is 1.18 bits per heavy atom. The Morgan fingerprint density at radius 2 is 1.86 bits per heavy atom. The third kappa shape index (κ3) is 4.40. The number of carbonyl (C=O) groups is 2. The van der Waals surface area contributed by atoms with Gasteiger partial charge in [0.05, 0.1) is 13.2 Å². The van der Waals surface area contributed by atoms with Crippen LogP contribution in [0.1, 0.15) is 40.9 Å². The van der Waals surface area contributed by atoms with Crippen molar-refractivity contribution in [3.8, 4) is 0 Å². The maximum Gasteiger partial charge on any atom is 0.350 e. The molecule has 0 spiro atoms. The second kappa shape index (κ2) is 8.99. The first-order valence-corrected chi connectivity index (χ1v) is 9.43. The van der Waals surface area contributed by atoms with E-state index in [-0.39, 0.29) is 12.1 Å². The highest BCUT2D eigenvalue weighted by Gasteiger charge is 2.41. The third-order valence-electron chi connectivity index (χ3n) is 5.23. The van der Waals surface area contributed by atoms with Gasteiger partial charge in [-0.1, -0.05) is 48.5 Å². The molecule has 3 atom stereocenters. The number of esters is 1. The van der Waals surface area contributed by atoms with E-state index in [1.807, 2.05) is 47.4 Å². The molecule has 1 aliphatic rings. The van der Waals surface area contributed by atoms with Crippen molar-refractivity contribution in [3.63, 3.8) is 0 Å². The van der Waals surface area contributed by atoms with Crippen LogP contribution in [0.3, 0.4) is 0 Å². The van der Waals surface area contributed by atoms with Gasteiger partial charge in [-0.05, 0) is 37.0 Å². The first kappa shape index (κ1) is 20.0. The van der Waals surface area contributed by atoms with Gasteiger partial charge in [0.1, 0.15) is 0 Å². The van der Waals surface area contributed by atoms with Crippen LogP contribution in [0.15, 0.2) is 54.6 Å². The number of primary amides is 1. The molecular weight excluding hydrogens is 356 g/mol. The average molecular weight is 382 g/mol. The summed E-state index contributed by atoms with van der Waals surface area (Å²) in [4.78, 5) is 25.9. The van der Waals surface area contributed by atoms with Gasteiger partial charge in [-0.15, -0.1) is 0 Å². The highest BCUT2D eigenvalue weighted by Crippen LogP contribution is 2.32. The van der Waals surface area contributed by atoms with Crippen molar-refractivity contribution < 1.29 is 19.1 Å². The van der Waals surface area contributed by atoms with Crippen LogP contribution in [0.5, 0.6) is 0 Å². The molecule has 2 aromatic carbocycles. The summed E-state index contributed by atoms with van der Waals surface area (Å²) in [5.41, 5.74) is 7.96. The van der Waals surface area contributed by atoms with Crippen LogP contribution >= 0.6 is 0 Å². The number of amides is 1. The second-order valence-corrected chi connectivity index (χ2v) is 7.02. The topological polar surface area (TPSA) is 81.9 Å². The van der Waals surface area contributed by atoms with Crippen LogP contribution in [-0.4, -0.2) is 42.7 Å². The van der Waals surface area contributed by atoms with Crippen molar-refractivity contribution in [1.29, 1.82) is 0 Å². The molecule has 0 aromatic heterocycles. The minimum absolute atomic E-state index is 0.0544. The van der Waals surface area contributed by atoms with E-state index >= 15 is 0 Å². The number of hydrogen-bond acceptors (Lipinski definition) is 5. The number of benzene rings is 2. The lowest BCUT2D eigenvalue weighted by Gasteiger charge is -2.27. The number of carbonyl (C=O) groups excluding carboxylic acids is 2. The van der Waals surface area contributed by atoms with E-state index in [4.69, 9.17) is 15.2 Å². The van der Waals surface area contributed by atoms with Crippen LogP contribution in [0.2, 0.25) is 0 Å². The lowest BCUT2D eigenvalue weighted by Crippen LogP contribution is -2.43. The Kier molecular flexibility index (Phi) is 6.44. The quantitative estimate of drug-likeness (QED) is 0.745. The largest absolute Gasteiger partial charge is 0.466 e. The lowest BCUT2D eigenvalue weighted by atomic mass is 9.99. The maximum atomic E-state index is 12.3. The van der Waals surface area contributed by atoms with Crippen molar-refractivity contribution >= 4 is 11.9 Å². The van der Waals surface area contributed by atoms with E-state index in [1.165, 1.54) is 7.11 Å². The molecule has 1 aliphatic heterocycles. The van der Waals surface area contributed by atoms with Crippen LogP contribution in [-0.2, 0) is 20.7 Å². The molecule has 6 nitrogen and oxygen atoms in total. The number of ether oxygens (including phenoxy) is 2. The molecule has 1 saturated heterocycles. The monoisotopic (exact) mass is 382 g/mol. The zero-order chi connectivity index (χ0) is 20.1. The molecule has 1 amide bonds. The second-order valence-electron chi connectivity index (χ2n) is 7.02. The lowest BCUT2D eigenvalue weighted by molar-refractivity contribution is -0.162. The minimum Gasteiger partial charge on any atom is -0.466 e. The molecule has 0 bridgehead atoms. The standard InChI is InChI=1S/C22H26N2O4/c1-15(12-13-16-8-6-7-11-18(16)20(23)25)24-14-19(17-9-4-3-5-10-17)28-21(24)22(26)27-2/h3-11,15,19,21H,12-14H2,1-2H3,(H2,23,25)/t15-,19-,21?/m0/s1. The van der Waals surface area contributed by atoms with Gasteiger partial charge < -0.3 is 15.2 Å². The van der Waals surface area contributed by atoms with Crippen LogP contribution < -0.4 is 5.73 Å². The van der Waals surface area contributed by atoms with Gasteiger partial charge in [-0.25, -0.2) is 4.79 Å². The predicted octanol–water partition coefficient (Wildman–Crippen LogP) is 2.68. The van der Waals surface area contributed by atoms with Gasteiger partial charge in [0, 0.05) is 18.2 Å². The van der Waals surface area contributed by atoms with Crippen LogP contribution in [0.4, 0.5) is 0 Å². The summed E-state index contributed by atoms with van der Waals surface area (Å²) in [6.45, 7) is 2.65. The summed E-state index contributed by atoms with van der Waals surface area (Å²) in [7, 11) is 1.37. The van der Waals surface area contributed by atoms with Crippen molar-refractivity contribution in [1.82, 2.24) is 4.90 Å². The molecular formula is C22H26N2O4. The first-order valence-electron chi connectivity index (χ1n) is 9.43. The van der Waals surface area contributed by atoms with Crippen molar-refractivity contribution in [2.45, 2.75) is 38.1 Å². The van der Waals surface area contributed by atoms with Gasteiger partial charge in [0.25, 0.3) is 0 Å². The maximum absolute atomic E-state index is 12.3. The van der Waals surface area contributed by atoms with Gasteiger partial charge >= 0.3 is 5.97 Å². The predicted molar refractivity (Wildman–Crippen MR) is 106 cm³/mol. The minimum atomic E-state index is -0.739. The summed E-state index contributed by atoms with van der Waals surface area (Å²) in [6.07, 6.45) is 0.505. The van der Waals surface area contributed by atoms with E-state index in [2.05, 4.69) is 6.92 Å². The number of methoxy groups -OCH3 is 1. The highest BCUT2D eigenvalue weighted by molar-refractivity contribution is 5.94. The summed E-state index contributed by atoms with van der Waals surface area (Å²) in [5.74, 6) is -0.827. The van der Waals surface area contributed by atoms with E-state index < -0.39 is 18.1 Å². The van der Waals surface area contributed by atoms with E-state index in [1.54, 1.807) is 12.1 Å². The Bertz CT molecular complexity index is 824. The first-order chi connectivity index (χ1) is 13.5. The number of rotatable bonds is 7. The normalized spacial score (nSPS) is 20.6. The van der Waals surface area contributed by atoms with Crippen LogP contribution in [0.25, 0.3) is 0 Å². The molecule has 3 rings (SSSR count). The molecule has 2 N–H and O–H groups in total. The van der Waals surface area contributed by atoms with Gasteiger partial charge in [-0.3, -0.25) is 9.69 Å². The number of aryl methyl sites for hydroxylation is 1. The van der Waals surface area contributed by atoms with E-state index in [0.717, 1.165) is 17.5 Å². The Labute approximate surface area is 165 Å². The average Bonchev–Trinajstić information content (AvgIpc) is 3.18. The van der Waals surface area contributed by atoms with E-state index in [0.29, 0.717) is 18.5 Å². The molecule has 28 heavy (non-hydrogen) atoms. The number of hydrogen-bond donors (Lipinski definition) is 1. The summed E-state index contributed by atoms with van der Waals surface area (Å²) >= 11 is 0. The Morgan fingerprint density at radius 3 is 2.54 bits per heavy atom. The SMILES string of the molecule is COC(=O)C1O[C@H](c2ccccc2)CN1[C@@H](C)CCc1ccccc1C(N)=O. The van der Waals surface area contributed by atoms with Gasteiger partial charge in [0.15, 0.2) is 0 Å². The molecule has 1 heterocycles. The summed E-state index contributed by atoms with van der Waals surface area (Å²) in [6, 6.07) is 17.3. The molecule has 0 saturated carbocycles. The van der Waals surface area contributed by atoms with Crippen LogP contribution in [0, 0.1) is 0 Å². The smallest absolute Gasteiger partial charge is 0.350 e. The summed E-state index contributed by atoms with van der Waals surface area (Å²) < 4.78 is 11.0. The third-order valence-corrected chi connectivity index (χ3v) is 5.23. The van der Waals surface area contributed by atoms with Crippen molar-refractivity contribution in [2.24, 2.45) is 5.73 Å². The van der Waals surface area contributed by atoms with Crippen molar-refractivity contribution in [3.05, 3.63) is 71.3 Å². The molecule has 1 fully saturated rings. The molecule has 2 aromatic rings. The van der Waals surface area contributed by atoms with Gasteiger partial charge in [0.2, 0.25) is 12.1 Å². The van der Waals surface area contributed by atoms with Gasteiger partial charge in [-0.2, -0.15) is 0 Å². The molecule has 0 aliphatic carbocycles.